The number of nitrogens with zero attached hydrogens (tertiary/aromatic N) is 3. The van der Waals surface area contributed by atoms with E-state index < -0.39 is 29.7 Å². The van der Waals surface area contributed by atoms with E-state index in [0.29, 0.717) is 61.1 Å². The van der Waals surface area contributed by atoms with Crippen molar-refractivity contribution in [3.63, 3.8) is 0 Å². The molecule has 0 bridgehead atoms. The maximum atomic E-state index is 14.9. The summed E-state index contributed by atoms with van der Waals surface area (Å²) in [6.07, 6.45) is 1.11. The predicted octanol–water partition coefficient (Wildman–Crippen LogP) is 5.81. The van der Waals surface area contributed by atoms with E-state index in [1.165, 1.54) is 18.2 Å². The molecule has 0 aromatic heterocycles. The smallest absolute Gasteiger partial charge is 0.335 e. The summed E-state index contributed by atoms with van der Waals surface area (Å²) in [4.78, 5) is 24.9. The molecular weight excluding hydrogens is 560 g/mol. The quantitative estimate of drug-likeness (QED) is 0.303. The molecule has 2 N–H and O–H groups in total. The Morgan fingerprint density at radius 2 is 1.65 bits per heavy atom. The molecule has 2 atom stereocenters. The average Bonchev–Trinajstić information content (AvgIpc) is 3.29. The Hall–Kier alpha value is -4.67. The Kier molecular flexibility index (Phi) is 8.79. The number of hydrazone groups is 1. The topological polar surface area (TPSA) is 112 Å². The second-order valence-electron chi connectivity index (χ2n) is 10.6. The molecule has 3 aromatic carbocycles. The summed E-state index contributed by atoms with van der Waals surface area (Å²) >= 11 is 0. The van der Waals surface area contributed by atoms with E-state index >= 15 is 0 Å². The number of benzene rings is 3. The fraction of sp³-hybridized carbons (Fsp3) is 0.344. The number of piperidine rings is 1. The minimum atomic E-state index is -1.24. The zero-order chi connectivity index (χ0) is 30.7. The van der Waals surface area contributed by atoms with Gasteiger partial charge in [-0.2, -0.15) is 5.10 Å². The second-order valence-corrected chi connectivity index (χ2v) is 10.6. The molecule has 2 heterocycles. The minimum absolute atomic E-state index is 0.0619. The van der Waals surface area contributed by atoms with Gasteiger partial charge in [-0.25, -0.2) is 13.6 Å². The van der Waals surface area contributed by atoms with Gasteiger partial charge in [0.2, 0.25) is 0 Å². The van der Waals surface area contributed by atoms with Gasteiger partial charge in [0.15, 0.2) is 0 Å². The number of rotatable bonds is 10. The lowest BCUT2D eigenvalue weighted by molar-refractivity contribution is -0.137. The van der Waals surface area contributed by atoms with Crippen LogP contribution in [0.5, 0.6) is 11.5 Å². The van der Waals surface area contributed by atoms with Crippen LogP contribution in [-0.4, -0.2) is 59.7 Å². The fourth-order valence-electron chi connectivity index (χ4n) is 5.60. The number of ether oxygens (including phenoxy) is 2. The van der Waals surface area contributed by atoms with Gasteiger partial charge in [0.25, 0.3) is 0 Å². The number of carbonyl (C=O) groups is 2. The van der Waals surface area contributed by atoms with Crippen LogP contribution in [-0.2, 0) is 4.79 Å². The molecule has 9 nitrogen and oxygen atoms in total. The van der Waals surface area contributed by atoms with Crippen molar-refractivity contribution in [2.75, 3.05) is 29.6 Å². The van der Waals surface area contributed by atoms with Gasteiger partial charge < -0.3 is 24.6 Å². The molecule has 0 radical (unpaired) electrons. The van der Waals surface area contributed by atoms with Gasteiger partial charge in [-0.3, -0.25) is 9.80 Å². The Balaban J connectivity index is 1.28. The molecule has 0 unspecified atom stereocenters. The molecular formula is C32H33F2N3O6. The molecule has 5 rings (SSSR count). The van der Waals surface area contributed by atoms with Crippen LogP contribution in [0, 0.1) is 17.6 Å². The molecule has 0 aliphatic carbocycles. The van der Waals surface area contributed by atoms with Gasteiger partial charge in [0.1, 0.15) is 29.2 Å². The molecule has 1 fully saturated rings. The van der Waals surface area contributed by atoms with Gasteiger partial charge in [-0.1, -0.05) is 6.92 Å². The van der Waals surface area contributed by atoms with E-state index in [9.17, 15) is 23.5 Å². The highest BCUT2D eigenvalue weighted by Gasteiger charge is 2.38. The molecule has 2 aliphatic heterocycles. The standard InChI is InChI=1S/C32H33F2N3O6/c1-3-42-24-9-11-26(33)29(17-24)36-14-12-23(13-15-36)43-22-7-5-21(6-8-22)37-28(18-30(38)39)19(2)31(35-37)25-10-4-20(32(40)41)16-27(25)34/h4-11,16-17,19,23,28H,3,12-15,18H2,1-2H3,(H,38,39)(H,40,41)/t19-,28-/m0/s1. The lowest BCUT2D eigenvalue weighted by Crippen LogP contribution is -2.38. The van der Waals surface area contributed by atoms with Crippen molar-refractivity contribution in [3.8, 4) is 11.5 Å². The highest BCUT2D eigenvalue weighted by atomic mass is 19.1. The number of hydrogen-bond acceptors (Lipinski definition) is 7. The van der Waals surface area contributed by atoms with Crippen LogP contribution in [0.4, 0.5) is 20.2 Å². The summed E-state index contributed by atoms with van der Waals surface area (Å²) in [5, 5.41) is 24.9. The SMILES string of the molecule is CCOc1ccc(F)c(N2CCC(Oc3ccc(N4N=C(c5ccc(C(=O)O)cc5F)[C@@H](C)[C@@H]4CC(=O)O)cc3)CC2)c1. The van der Waals surface area contributed by atoms with Crippen LogP contribution in [0.3, 0.4) is 0 Å². The van der Waals surface area contributed by atoms with E-state index in [1.54, 1.807) is 48.3 Å². The van der Waals surface area contributed by atoms with Crippen molar-refractivity contribution in [3.05, 3.63) is 83.4 Å². The zero-order valence-corrected chi connectivity index (χ0v) is 23.9. The summed E-state index contributed by atoms with van der Waals surface area (Å²) in [6.45, 7) is 5.41. The zero-order valence-electron chi connectivity index (χ0n) is 23.9. The maximum Gasteiger partial charge on any atom is 0.335 e. The molecule has 0 saturated carbocycles. The van der Waals surface area contributed by atoms with E-state index in [1.807, 2.05) is 11.8 Å². The Morgan fingerprint density at radius 1 is 0.953 bits per heavy atom. The monoisotopic (exact) mass is 593 g/mol. The van der Waals surface area contributed by atoms with Gasteiger partial charge in [-0.05, 0) is 61.5 Å². The van der Waals surface area contributed by atoms with Crippen LogP contribution >= 0.6 is 0 Å². The highest BCUT2D eigenvalue weighted by molar-refractivity contribution is 6.05. The first-order chi connectivity index (χ1) is 20.6. The third-order valence-electron chi connectivity index (χ3n) is 7.83. The van der Waals surface area contributed by atoms with E-state index in [-0.39, 0.29) is 29.5 Å². The normalized spacial score (nSPS) is 18.8. The van der Waals surface area contributed by atoms with E-state index in [0.717, 1.165) is 6.07 Å². The van der Waals surface area contributed by atoms with Crippen LogP contribution in [0.25, 0.3) is 0 Å². The van der Waals surface area contributed by atoms with Gasteiger partial charge in [0, 0.05) is 43.5 Å². The van der Waals surface area contributed by atoms with Crippen LogP contribution in [0.2, 0.25) is 0 Å². The number of carboxylic acid groups (broad SMARTS) is 2. The Labute approximate surface area is 247 Å². The molecule has 0 spiro atoms. The second kappa shape index (κ2) is 12.7. The largest absolute Gasteiger partial charge is 0.494 e. The van der Waals surface area contributed by atoms with Crippen LogP contribution in [0.15, 0.2) is 65.8 Å². The maximum absolute atomic E-state index is 14.9. The minimum Gasteiger partial charge on any atom is -0.494 e. The number of carboxylic acids is 2. The van der Waals surface area contributed by atoms with Gasteiger partial charge in [-0.15, -0.1) is 0 Å². The lowest BCUT2D eigenvalue weighted by atomic mass is 9.90. The Bertz CT molecular complexity index is 1520. The van der Waals surface area contributed by atoms with E-state index in [2.05, 4.69) is 5.10 Å². The van der Waals surface area contributed by atoms with Crippen LogP contribution in [0.1, 0.15) is 49.0 Å². The molecule has 0 amide bonds. The van der Waals surface area contributed by atoms with Crippen molar-refractivity contribution in [2.24, 2.45) is 11.0 Å². The average molecular weight is 594 g/mol. The molecule has 11 heteroatoms. The van der Waals surface area contributed by atoms with Crippen molar-refractivity contribution < 1.29 is 38.1 Å². The van der Waals surface area contributed by atoms with E-state index in [4.69, 9.17) is 14.6 Å². The highest BCUT2D eigenvalue weighted by Crippen LogP contribution is 2.35. The molecule has 2 aliphatic rings. The molecule has 3 aromatic rings. The summed E-state index contributed by atoms with van der Waals surface area (Å²) in [5.41, 5.74) is 1.42. The first-order valence-corrected chi connectivity index (χ1v) is 14.2. The number of hydrogen-bond donors (Lipinski definition) is 2. The van der Waals surface area contributed by atoms with Crippen molar-refractivity contribution in [2.45, 2.75) is 45.3 Å². The predicted molar refractivity (Wildman–Crippen MR) is 157 cm³/mol. The molecule has 43 heavy (non-hydrogen) atoms. The summed E-state index contributed by atoms with van der Waals surface area (Å²) in [7, 11) is 0. The van der Waals surface area contributed by atoms with Crippen LogP contribution < -0.4 is 19.4 Å². The number of aromatic carboxylic acids is 1. The third-order valence-corrected chi connectivity index (χ3v) is 7.83. The number of halogens is 2. The number of anilines is 2. The lowest BCUT2D eigenvalue weighted by Gasteiger charge is -2.34. The van der Waals surface area contributed by atoms with Crippen molar-refractivity contribution in [1.82, 2.24) is 0 Å². The van der Waals surface area contributed by atoms with Gasteiger partial charge >= 0.3 is 11.9 Å². The third kappa shape index (κ3) is 6.55. The summed E-state index contributed by atoms with van der Waals surface area (Å²) < 4.78 is 41.1. The number of aliphatic carboxylic acids is 1. The van der Waals surface area contributed by atoms with Gasteiger partial charge in [0.05, 0.1) is 41.7 Å². The summed E-state index contributed by atoms with van der Waals surface area (Å²) in [5.74, 6) is -2.47. The fourth-order valence-corrected chi connectivity index (χ4v) is 5.60. The molecule has 226 valence electrons. The molecule has 1 saturated heterocycles. The van der Waals surface area contributed by atoms with Crippen molar-refractivity contribution >= 4 is 29.0 Å². The first-order valence-electron chi connectivity index (χ1n) is 14.2. The summed E-state index contributed by atoms with van der Waals surface area (Å²) in [6, 6.07) is 14.9. The Morgan fingerprint density at radius 3 is 2.28 bits per heavy atom. The van der Waals surface area contributed by atoms with Crippen molar-refractivity contribution in [1.29, 1.82) is 0 Å². The first kappa shape index (κ1) is 29.8.